The van der Waals surface area contributed by atoms with Crippen LogP contribution < -0.4 is 10.9 Å². The number of hydrogen-bond acceptors (Lipinski definition) is 4. The Labute approximate surface area is 137 Å². The number of ketones is 1. The Kier molecular flexibility index (Phi) is 5.97. The standard InChI is InChI=1S/C17H17FN2O4/c1-24-11-9-19-17(23)15(20-10-3-2-4-14(20)21)16(22)12-5-7-13(18)8-6-12/h2-8,10,15H,9,11H2,1H3,(H,19,23). The summed E-state index contributed by atoms with van der Waals surface area (Å²) in [4.78, 5) is 37.2. The summed E-state index contributed by atoms with van der Waals surface area (Å²) in [5, 5.41) is 2.55. The fourth-order valence-electron chi connectivity index (χ4n) is 2.17. The number of halogens is 1. The molecule has 0 fully saturated rings. The maximum atomic E-state index is 13.0. The van der Waals surface area contributed by atoms with Gasteiger partial charge in [0.1, 0.15) is 5.82 Å². The molecule has 2 rings (SSSR count). The SMILES string of the molecule is COCCNC(=O)C(C(=O)c1ccc(F)cc1)n1ccccc1=O. The molecule has 0 spiro atoms. The number of carbonyl (C=O) groups excluding carboxylic acids is 2. The first-order valence-corrected chi connectivity index (χ1v) is 7.28. The lowest BCUT2D eigenvalue weighted by atomic mass is 10.0. The number of amides is 1. The molecule has 0 bridgehead atoms. The van der Waals surface area contributed by atoms with Crippen LogP contribution in [0.25, 0.3) is 0 Å². The van der Waals surface area contributed by atoms with E-state index in [0.29, 0.717) is 0 Å². The number of aromatic nitrogens is 1. The molecule has 0 aliphatic heterocycles. The van der Waals surface area contributed by atoms with E-state index in [4.69, 9.17) is 4.74 Å². The Morgan fingerprint density at radius 1 is 1.21 bits per heavy atom. The minimum Gasteiger partial charge on any atom is -0.383 e. The normalized spacial score (nSPS) is 11.8. The number of ether oxygens (including phenoxy) is 1. The molecule has 1 atom stereocenters. The lowest BCUT2D eigenvalue weighted by Crippen LogP contribution is -2.42. The maximum absolute atomic E-state index is 13.0. The molecule has 6 nitrogen and oxygen atoms in total. The van der Waals surface area contributed by atoms with Gasteiger partial charge >= 0.3 is 0 Å². The van der Waals surface area contributed by atoms with Gasteiger partial charge in [-0.05, 0) is 30.3 Å². The molecule has 2 aromatic rings. The van der Waals surface area contributed by atoms with Gasteiger partial charge in [0.15, 0.2) is 11.8 Å². The van der Waals surface area contributed by atoms with Crippen LogP contribution in [0.3, 0.4) is 0 Å². The first kappa shape index (κ1) is 17.6. The van der Waals surface area contributed by atoms with Crippen LogP contribution in [0.15, 0.2) is 53.5 Å². The fourth-order valence-corrected chi connectivity index (χ4v) is 2.17. The number of pyridine rings is 1. The topological polar surface area (TPSA) is 77.4 Å². The lowest BCUT2D eigenvalue weighted by molar-refractivity contribution is -0.123. The number of rotatable bonds is 7. The Bertz CT molecular complexity index is 771. The zero-order chi connectivity index (χ0) is 17.5. The summed E-state index contributed by atoms with van der Waals surface area (Å²) in [5.41, 5.74) is -0.348. The van der Waals surface area contributed by atoms with Gasteiger partial charge in [0.2, 0.25) is 0 Å². The Morgan fingerprint density at radius 3 is 2.54 bits per heavy atom. The van der Waals surface area contributed by atoms with Crippen LogP contribution in [0.1, 0.15) is 16.4 Å². The van der Waals surface area contributed by atoms with Gasteiger partial charge < -0.3 is 10.1 Å². The summed E-state index contributed by atoms with van der Waals surface area (Å²) in [7, 11) is 1.48. The van der Waals surface area contributed by atoms with E-state index >= 15 is 0 Å². The third-order valence-electron chi connectivity index (χ3n) is 3.36. The average Bonchev–Trinajstić information content (AvgIpc) is 2.57. The molecule has 7 heteroatoms. The Balaban J connectivity index is 2.37. The Morgan fingerprint density at radius 2 is 1.92 bits per heavy atom. The number of nitrogens with one attached hydrogen (secondary N) is 1. The summed E-state index contributed by atoms with van der Waals surface area (Å²) in [5.74, 6) is -1.72. The second kappa shape index (κ2) is 8.16. The van der Waals surface area contributed by atoms with Crippen LogP contribution in [0.5, 0.6) is 0 Å². The molecule has 1 heterocycles. The molecule has 1 aromatic carbocycles. The molecule has 0 aliphatic rings. The highest BCUT2D eigenvalue weighted by atomic mass is 19.1. The molecule has 1 unspecified atom stereocenters. The van der Waals surface area contributed by atoms with Gasteiger partial charge in [-0.2, -0.15) is 0 Å². The van der Waals surface area contributed by atoms with Crippen LogP contribution in [0, 0.1) is 5.82 Å². The molecular weight excluding hydrogens is 315 g/mol. The molecule has 24 heavy (non-hydrogen) atoms. The quantitative estimate of drug-likeness (QED) is 0.469. The van der Waals surface area contributed by atoms with Gasteiger partial charge in [-0.15, -0.1) is 0 Å². The molecule has 0 aliphatic carbocycles. The van der Waals surface area contributed by atoms with Crippen LogP contribution in [0.2, 0.25) is 0 Å². The maximum Gasteiger partial charge on any atom is 0.251 e. The molecule has 126 valence electrons. The first-order valence-electron chi connectivity index (χ1n) is 7.28. The van der Waals surface area contributed by atoms with E-state index < -0.39 is 29.1 Å². The van der Waals surface area contributed by atoms with Crippen molar-refractivity contribution in [3.8, 4) is 0 Å². The van der Waals surface area contributed by atoms with E-state index in [1.54, 1.807) is 6.07 Å². The van der Waals surface area contributed by atoms with Crippen molar-refractivity contribution < 1.29 is 18.7 Å². The summed E-state index contributed by atoms with van der Waals surface area (Å²) in [6, 6.07) is 7.76. The van der Waals surface area contributed by atoms with Crippen LogP contribution in [-0.2, 0) is 9.53 Å². The monoisotopic (exact) mass is 332 g/mol. The van der Waals surface area contributed by atoms with Crippen molar-refractivity contribution in [2.45, 2.75) is 6.04 Å². The number of hydrogen-bond donors (Lipinski definition) is 1. The number of benzene rings is 1. The smallest absolute Gasteiger partial charge is 0.251 e. The largest absolute Gasteiger partial charge is 0.383 e. The second-order valence-electron chi connectivity index (χ2n) is 5.00. The lowest BCUT2D eigenvalue weighted by Gasteiger charge is -2.18. The zero-order valence-corrected chi connectivity index (χ0v) is 13.1. The van der Waals surface area contributed by atoms with Gasteiger partial charge in [0.25, 0.3) is 11.5 Å². The van der Waals surface area contributed by atoms with Gasteiger partial charge in [0, 0.05) is 31.5 Å². The molecule has 1 amide bonds. The van der Waals surface area contributed by atoms with Gasteiger partial charge in [0.05, 0.1) is 6.61 Å². The van der Waals surface area contributed by atoms with E-state index in [9.17, 15) is 18.8 Å². The predicted molar refractivity (Wildman–Crippen MR) is 85.4 cm³/mol. The van der Waals surface area contributed by atoms with Crippen molar-refractivity contribution in [1.82, 2.24) is 9.88 Å². The van der Waals surface area contributed by atoms with Crippen molar-refractivity contribution in [3.05, 3.63) is 70.4 Å². The van der Waals surface area contributed by atoms with Crippen LogP contribution >= 0.6 is 0 Å². The third kappa shape index (κ3) is 4.14. The fraction of sp³-hybridized carbons (Fsp3) is 0.235. The van der Waals surface area contributed by atoms with Crippen LogP contribution in [-0.4, -0.2) is 36.5 Å². The molecule has 0 saturated carbocycles. The summed E-state index contributed by atoms with van der Waals surface area (Å²) in [6.45, 7) is 0.469. The number of methoxy groups -OCH3 is 1. The average molecular weight is 332 g/mol. The summed E-state index contributed by atoms with van der Waals surface area (Å²) < 4.78 is 18.9. The van der Waals surface area contributed by atoms with E-state index in [2.05, 4.69) is 5.32 Å². The van der Waals surface area contributed by atoms with Crippen molar-refractivity contribution in [1.29, 1.82) is 0 Å². The third-order valence-corrected chi connectivity index (χ3v) is 3.36. The van der Waals surface area contributed by atoms with E-state index in [1.165, 1.54) is 37.6 Å². The molecule has 1 N–H and O–H groups in total. The minimum atomic E-state index is -1.37. The van der Waals surface area contributed by atoms with Gasteiger partial charge in [-0.1, -0.05) is 6.07 Å². The molecule has 0 radical (unpaired) electrons. The number of nitrogens with zero attached hydrogens (tertiary/aromatic N) is 1. The zero-order valence-electron chi connectivity index (χ0n) is 13.1. The highest BCUT2D eigenvalue weighted by Gasteiger charge is 2.29. The second-order valence-corrected chi connectivity index (χ2v) is 5.00. The molecule has 0 saturated heterocycles. The number of carbonyl (C=O) groups is 2. The van der Waals surface area contributed by atoms with Crippen molar-refractivity contribution in [2.75, 3.05) is 20.3 Å². The summed E-state index contributed by atoms with van der Waals surface area (Å²) in [6.07, 6.45) is 1.37. The van der Waals surface area contributed by atoms with E-state index in [1.807, 2.05) is 0 Å². The van der Waals surface area contributed by atoms with Gasteiger partial charge in [-0.25, -0.2) is 4.39 Å². The van der Waals surface area contributed by atoms with Crippen LogP contribution in [0.4, 0.5) is 4.39 Å². The van der Waals surface area contributed by atoms with Gasteiger partial charge in [-0.3, -0.25) is 19.0 Å². The molecule has 1 aromatic heterocycles. The minimum absolute atomic E-state index is 0.138. The Hall–Kier alpha value is -2.80. The van der Waals surface area contributed by atoms with E-state index in [-0.39, 0.29) is 18.7 Å². The van der Waals surface area contributed by atoms with E-state index in [0.717, 1.165) is 16.7 Å². The highest BCUT2D eigenvalue weighted by Crippen LogP contribution is 2.14. The van der Waals surface area contributed by atoms with Crippen molar-refractivity contribution >= 4 is 11.7 Å². The first-order chi connectivity index (χ1) is 11.5. The predicted octanol–water partition coefficient (Wildman–Crippen LogP) is 1.17. The van der Waals surface area contributed by atoms with Crippen molar-refractivity contribution in [3.63, 3.8) is 0 Å². The summed E-state index contributed by atoms with van der Waals surface area (Å²) >= 11 is 0. The highest BCUT2D eigenvalue weighted by molar-refractivity contribution is 6.11. The molecular formula is C17H17FN2O4. The number of Topliss-reactive ketones (excluding diaryl/α,β-unsaturated/α-hetero) is 1. The van der Waals surface area contributed by atoms with Crippen molar-refractivity contribution in [2.24, 2.45) is 0 Å².